The van der Waals surface area contributed by atoms with Crippen molar-refractivity contribution in [3.8, 4) is 0 Å². The maximum absolute atomic E-state index is 13.1. The number of hydrogen-bond donors (Lipinski definition) is 1. The lowest BCUT2D eigenvalue weighted by atomic mass is 10.1. The highest BCUT2D eigenvalue weighted by Crippen LogP contribution is 2.27. The molecule has 1 heterocycles. The van der Waals surface area contributed by atoms with E-state index in [-0.39, 0.29) is 5.52 Å². The number of halogens is 1. The summed E-state index contributed by atoms with van der Waals surface area (Å²) in [4.78, 5) is 37.9. The van der Waals surface area contributed by atoms with E-state index >= 15 is 0 Å². The zero-order valence-electron chi connectivity index (χ0n) is 15.5. The number of carboxylic acid groups (broad SMARTS) is 1. The van der Waals surface area contributed by atoms with Crippen molar-refractivity contribution in [2.24, 2.45) is 0 Å². The monoisotopic (exact) mass is 494 g/mol. The molecule has 28 heavy (non-hydrogen) atoms. The highest BCUT2D eigenvalue weighted by molar-refractivity contribution is 14.1. The summed E-state index contributed by atoms with van der Waals surface area (Å²) >= 11 is 2.07. The van der Waals surface area contributed by atoms with Gasteiger partial charge >= 0.3 is 17.8 Å². The molecule has 0 radical (unpaired) electrons. The smallest absolute Gasteiger partial charge is 0.420 e. The van der Waals surface area contributed by atoms with Gasteiger partial charge in [-0.25, -0.2) is 14.4 Å². The quantitative estimate of drug-likeness (QED) is 0.441. The molecule has 0 saturated heterocycles. The average Bonchev–Trinajstić information content (AvgIpc) is 2.86. The van der Waals surface area contributed by atoms with Crippen molar-refractivity contribution in [3.05, 3.63) is 68.1 Å². The number of carbonyl (C=O) groups is 2. The van der Waals surface area contributed by atoms with E-state index < -0.39 is 29.4 Å². The predicted octanol–water partition coefficient (Wildman–Crippen LogP) is 3.86. The summed E-state index contributed by atoms with van der Waals surface area (Å²) in [5, 5.41) is 9.56. The molecule has 0 aliphatic carbocycles. The van der Waals surface area contributed by atoms with Crippen LogP contribution in [0.1, 0.15) is 32.4 Å². The zero-order valence-corrected chi connectivity index (χ0v) is 17.7. The molecule has 7 nitrogen and oxygen atoms in total. The van der Waals surface area contributed by atoms with Crippen LogP contribution in [0.25, 0.3) is 11.0 Å². The number of benzene rings is 2. The minimum absolute atomic E-state index is 0.211. The third-order valence-electron chi connectivity index (χ3n) is 4.03. The van der Waals surface area contributed by atoms with E-state index in [0.717, 1.165) is 3.57 Å². The van der Waals surface area contributed by atoms with Crippen molar-refractivity contribution >= 4 is 45.7 Å². The van der Waals surface area contributed by atoms with Crippen LogP contribution in [-0.4, -0.2) is 31.9 Å². The van der Waals surface area contributed by atoms with Gasteiger partial charge in [-0.15, -0.1) is 0 Å². The lowest BCUT2D eigenvalue weighted by molar-refractivity contribution is -0.157. The minimum atomic E-state index is -1.41. The molecule has 8 heteroatoms. The van der Waals surface area contributed by atoms with Gasteiger partial charge in [-0.3, -0.25) is 4.57 Å². The van der Waals surface area contributed by atoms with Crippen molar-refractivity contribution in [1.82, 2.24) is 9.13 Å². The van der Waals surface area contributed by atoms with Crippen LogP contribution in [0.5, 0.6) is 0 Å². The Bertz CT molecular complexity index is 1110. The molecule has 0 fully saturated rings. The minimum Gasteiger partial charge on any atom is -0.464 e. The molecule has 0 spiro atoms. The van der Waals surface area contributed by atoms with Crippen LogP contribution in [-0.2, 0) is 9.53 Å². The maximum Gasteiger partial charge on any atom is 0.420 e. The van der Waals surface area contributed by atoms with Crippen molar-refractivity contribution in [2.75, 3.05) is 0 Å². The molecule has 0 bridgehead atoms. The third-order valence-corrected chi connectivity index (χ3v) is 4.70. The summed E-state index contributed by atoms with van der Waals surface area (Å²) in [6, 6.07) is 12.5. The second-order valence-electron chi connectivity index (χ2n) is 7.25. The van der Waals surface area contributed by atoms with Crippen LogP contribution in [0, 0.1) is 3.57 Å². The van der Waals surface area contributed by atoms with Crippen molar-refractivity contribution < 1.29 is 19.4 Å². The number of esters is 1. The first kappa shape index (κ1) is 20.1. The highest BCUT2D eigenvalue weighted by atomic mass is 127. The number of imidazole rings is 1. The van der Waals surface area contributed by atoms with Crippen molar-refractivity contribution in [3.63, 3.8) is 0 Å². The van der Waals surface area contributed by atoms with E-state index in [4.69, 9.17) is 4.74 Å². The Labute approximate surface area is 174 Å². The molecule has 1 atom stereocenters. The van der Waals surface area contributed by atoms with Crippen LogP contribution in [0.2, 0.25) is 0 Å². The Hall–Kier alpha value is -2.62. The topological polar surface area (TPSA) is 90.5 Å². The molecule has 0 aliphatic heterocycles. The van der Waals surface area contributed by atoms with E-state index in [2.05, 4.69) is 22.6 Å². The number of nitrogens with zero attached hydrogens (tertiary/aromatic N) is 2. The van der Waals surface area contributed by atoms with Gasteiger partial charge in [0, 0.05) is 3.57 Å². The Morgan fingerprint density at radius 1 is 1.07 bits per heavy atom. The van der Waals surface area contributed by atoms with Gasteiger partial charge in [-0.1, -0.05) is 30.3 Å². The van der Waals surface area contributed by atoms with Crippen LogP contribution in [0.3, 0.4) is 0 Å². The molecule has 0 saturated carbocycles. The normalized spacial score (nSPS) is 12.7. The van der Waals surface area contributed by atoms with Crippen LogP contribution in [0.4, 0.5) is 4.79 Å². The van der Waals surface area contributed by atoms with Crippen molar-refractivity contribution in [1.29, 1.82) is 0 Å². The second kappa shape index (κ2) is 7.42. The molecular weight excluding hydrogens is 475 g/mol. The fourth-order valence-electron chi connectivity index (χ4n) is 3.01. The van der Waals surface area contributed by atoms with E-state index in [1.807, 2.05) is 0 Å². The number of aromatic nitrogens is 2. The van der Waals surface area contributed by atoms with Crippen molar-refractivity contribution in [2.45, 2.75) is 32.4 Å². The maximum atomic E-state index is 13.1. The molecule has 2 aromatic carbocycles. The first-order valence-corrected chi connectivity index (χ1v) is 9.61. The van der Waals surface area contributed by atoms with Gasteiger partial charge < -0.3 is 9.84 Å². The SMILES string of the molecule is CC(C)(C)OC(=O)C(c1ccccc1)n1c(=O)n(C(=O)O)c2ccc(I)cc21. The molecule has 3 aromatic rings. The number of fused-ring (bicyclic) bond motifs is 1. The molecule has 1 unspecified atom stereocenters. The third kappa shape index (κ3) is 3.82. The fourth-order valence-corrected chi connectivity index (χ4v) is 3.49. The van der Waals surface area contributed by atoms with Gasteiger partial charge in [-0.2, -0.15) is 4.57 Å². The lowest BCUT2D eigenvalue weighted by Gasteiger charge is -2.25. The Kier molecular flexibility index (Phi) is 5.33. The van der Waals surface area contributed by atoms with Gasteiger partial charge in [0.1, 0.15) is 5.60 Å². The summed E-state index contributed by atoms with van der Waals surface area (Å²) in [5.74, 6) is -0.635. The summed E-state index contributed by atoms with van der Waals surface area (Å²) in [7, 11) is 0. The largest absolute Gasteiger partial charge is 0.464 e. The van der Waals surface area contributed by atoms with Gasteiger partial charge in [-0.05, 0) is 67.1 Å². The molecule has 146 valence electrons. The summed E-state index contributed by atoms with van der Waals surface area (Å²) in [6.45, 7) is 5.21. The van der Waals surface area contributed by atoms with Crippen LogP contribution in [0.15, 0.2) is 53.3 Å². The number of ether oxygens (including phenoxy) is 1. The van der Waals surface area contributed by atoms with E-state index in [9.17, 15) is 19.5 Å². The summed E-state index contributed by atoms with van der Waals surface area (Å²) in [5.41, 5.74) is -0.499. The summed E-state index contributed by atoms with van der Waals surface area (Å²) < 4.78 is 8.19. The Balaban J connectivity index is 2.35. The van der Waals surface area contributed by atoms with Gasteiger partial charge in [0.2, 0.25) is 0 Å². The molecule has 1 N–H and O–H groups in total. The van der Waals surface area contributed by atoms with E-state index in [1.165, 1.54) is 4.57 Å². The van der Waals surface area contributed by atoms with E-state index in [0.29, 0.717) is 15.6 Å². The highest BCUT2D eigenvalue weighted by Gasteiger charge is 2.33. The van der Waals surface area contributed by atoms with Crippen LogP contribution < -0.4 is 5.69 Å². The predicted molar refractivity (Wildman–Crippen MR) is 113 cm³/mol. The molecule has 1 aromatic heterocycles. The first-order valence-electron chi connectivity index (χ1n) is 8.54. The van der Waals surface area contributed by atoms with Gasteiger partial charge in [0.25, 0.3) is 0 Å². The summed E-state index contributed by atoms with van der Waals surface area (Å²) in [6.07, 6.45) is -1.41. The first-order chi connectivity index (χ1) is 13.1. The average molecular weight is 494 g/mol. The fraction of sp³-hybridized carbons (Fsp3) is 0.250. The van der Waals surface area contributed by atoms with Gasteiger partial charge in [0.05, 0.1) is 11.0 Å². The lowest BCUT2D eigenvalue weighted by Crippen LogP contribution is -2.37. The number of rotatable bonds is 3. The zero-order chi connectivity index (χ0) is 20.6. The van der Waals surface area contributed by atoms with Gasteiger partial charge in [0.15, 0.2) is 6.04 Å². The van der Waals surface area contributed by atoms with E-state index in [1.54, 1.807) is 69.3 Å². The van der Waals surface area contributed by atoms with Crippen LogP contribution >= 0.6 is 22.6 Å². The second-order valence-corrected chi connectivity index (χ2v) is 8.50. The number of hydrogen-bond acceptors (Lipinski definition) is 4. The molecule has 0 aliphatic rings. The Morgan fingerprint density at radius 2 is 1.71 bits per heavy atom. The Morgan fingerprint density at radius 3 is 2.29 bits per heavy atom. The standard InChI is InChI=1S/C20H19IN2O5/c1-20(2,3)28-17(24)16(12-7-5-4-6-8-12)22-15-11-13(21)9-10-14(15)23(18(22)25)19(26)27/h4-11,16H,1-3H3,(H,26,27). The molecule has 0 amide bonds. The molecular formula is C20H19IN2O5. The number of carbonyl (C=O) groups excluding carboxylic acids is 1. The molecule has 3 rings (SSSR count).